The molecule has 0 unspecified atom stereocenters. The minimum Gasteiger partial charge on any atom is -0.549 e. The Morgan fingerprint density at radius 3 is 1.64 bits per heavy atom. The minimum atomic E-state index is -1.50. The summed E-state index contributed by atoms with van der Waals surface area (Å²) in [5.74, 6) is -5.76. The second kappa shape index (κ2) is 24.2. The van der Waals surface area contributed by atoms with Crippen molar-refractivity contribution in [3.05, 3.63) is 59.7 Å². The number of aliphatic carboxylic acids is 3. The molecule has 0 saturated carbocycles. The quantitative estimate of drug-likeness (QED) is 0.0978. The fraction of sp³-hybridized carbons (Fsp3) is 0.357. The van der Waals surface area contributed by atoms with Crippen LogP contribution in [0.15, 0.2) is 48.5 Å². The molecule has 234 valence electrons. The predicted octanol–water partition coefficient (Wildman–Crippen LogP) is -7.47. The molecule has 0 fully saturated rings. The van der Waals surface area contributed by atoms with Crippen LogP contribution < -0.4 is 74.1 Å². The van der Waals surface area contributed by atoms with E-state index in [-0.39, 0.29) is 95.9 Å². The molecule has 2 aromatic carbocycles. The Morgan fingerprint density at radius 1 is 0.733 bits per heavy atom. The normalized spacial score (nSPS) is 9.87. The van der Waals surface area contributed by atoms with Gasteiger partial charge in [-0.05, 0) is 55.0 Å². The molecule has 0 saturated heterocycles. The summed E-state index contributed by atoms with van der Waals surface area (Å²) in [6, 6.07) is 11.4. The number of carboxylic acids is 3. The molecule has 0 spiro atoms. The SMILES string of the molecule is CCCOC(=O)c1ccc(OC(=O)CN(CCN(CC(=O)[O-])CC(=O)O)CC(=O)[O-])cc1.COC(=O)c1ccc(O)cc1.[Na+].[Na+]. The molecular formula is C28H32N2Na2O13. The van der Waals surface area contributed by atoms with Crippen LogP contribution in [0.1, 0.15) is 34.1 Å². The number of nitrogens with zero attached hydrogens (tertiary/aromatic N) is 2. The van der Waals surface area contributed by atoms with Gasteiger partial charge in [0.15, 0.2) is 0 Å². The van der Waals surface area contributed by atoms with E-state index in [0.29, 0.717) is 12.0 Å². The van der Waals surface area contributed by atoms with E-state index >= 15 is 0 Å². The fourth-order valence-electron chi connectivity index (χ4n) is 3.27. The third kappa shape index (κ3) is 19.9. The van der Waals surface area contributed by atoms with Gasteiger partial charge in [-0.2, -0.15) is 0 Å². The van der Waals surface area contributed by atoms with Crippen LogP contribution in [0.4, 0.5) is 0 Å². The molecule has 0 aliphatic carbocycles. The van der Waals surface area contributed by atoms with Gasteiger partial charge in [0.2, 0.25) is 0 Å². The van der Waals surface area contributed by atoms with E-state index in [4.69, 9.17) is 19.7 Å². The van der Waals surface area contributed by atoms with Gasteiger partial charge in [-0.25, -0.2) is 9.59 Å². The molecule has 15 nitrogen and oxygen atoms in total. The zero-order valence-corrected chi connectivity index (χ0v) is 29.6. The number of methoxy groups -OCH3 is 1. The molecule has 2 aromatic rings. The largest absolute Gasteiger partial charge is 1.00 e. The third-order valence-corrected chi connectivity index (χ3v) is 5.20. The summed E-state index contributed by atoms with van der Waals surface area (Å²) in [5.41, 5.74) is 0.702. The number of rotatable bonds is 16. The van der Waals surface area contributed by atoms with E-state index < -0.39 is 62.0 Å². The summed E-state index contributed by atoms with van der Waals surface area (Å²) in [7, 11) is 1.31. The topological polar surface area (TPSA) is 223 Å². The number of aromatic hydroxyl groups is 1. The number of benzene rings is 2. The van der Waals surface area contributed by atoms with Gasteiger partial charge in [-0.3, -0.25) is 19.4 Å². The Bertz CT molecular complexity index is 1230. The van der Waals surface area contributed by atoms with Gasteiger partial charge >= 0.3 is 83.0 Å². The first-order valence-electron chi connectivity index (χ1n) is 12.8. The maximum Gasteiger partial charge on any atom is 1.00 e. The molecule has 0 heterocycles. The number of hydrogen-bond acceptors (Lipinski definition) is 14. The molecule has 2 rings (SSSR count). The third-order valence-electron chi connectivity index (χ3n) is 5.20. The van der Waals surface area contributed by atoms with Crippen molar-refractivity contribution >= 4 is 35.8 Å². The van der Waals surface area contributed by atoms with Crippen molar-refractivity contribution in [2.75, 3.05) is 53.0 Å². The minimum absolute atomic E-state index is 0. The Morgan fingerprint density at radius 2 is 1.20 bits per heavy atom. The number of carbonyl (C=O) groups is 6. The Hall–Kier alpha value is -3.02. The number of esters is 3. The number of hydrogen-bond donors (Lipinski definition) is 2. The Kier molecular flexibility index (Phi) is 23.8. The van der Waals surface area contributed by atoms with Crippen molar-refractivity contribution in [2.45, 2.75) is 13.3 Å². The second-order valence-electron chi connectivity index (χ2n) is 8.73. The molecule has 0 aromatic heterocycles. The molecule has 0 aliphatic rings. The van der Waals surface area contributed by atoms with Crippen LogP contribution in [0.5, 0.6) is 11.5 Å². The molecule has 45 heavy (non-hydrogen) atoms. The molecule has 0 radical (unpaired) electrons. The molecular weight excluding hydrogens is 618 g/mol. The van der Waals surface area contributed by atoms with Crippen LogP contribution in [-0.2, 0) is 28.7 Å². The summed E-state index contributed by atoms with van der Waals surface area (Å²) in [6.45, 7) is -0.609. The summed E-state index contributed by atoms with van der Waals surface area (Å²) in [6.07, 6.45) is 0.672. The number of carboxylic acid groups (broad SMARTS) is 3. The van der Waals surface area contributed by atoms with Gasteiger partial charge < -0.3 is 44.2 Å². The smallest absolute Gasteiger partial charge is 0.549 e. The van der Waals surface area contributed by atoms with Gasteiger partial charge in [-0.15, -0.1) is 0 Å². The average molecular weight is 651 g/mol. The van der Waals surface area contributed by atoms with Crippen LogP contribution in [0.2, 0.25) is 0 Å². The van der Waals surface area contributed by atoms with Gasteiger partial charge in [0.25, 0.3) is 0 Å². The van der Waals surface area contributed by atoms with E-state index in [9.17, 15) is 39.0 Å². The van der Waals surface area contributed by atoms with Crippen LogP contribution in [0, 0.1) is 0 Å². The van der Waals surface area contributed by atoms with Gasteiger partial charge in [0.1, 0.15) is 11.5 Å². The molecule has 0 aliphatic heterocycles. The van der Waals surface area contributed by atoms with E-state index in [1.54, 1.807) is 0 Å². The predicted molar refractivity (Wildman–Crippen MR) is 143 cm³/mol. The van der Waals surface area contributed by atoms with E-state index in [2.05, 4.69) is 4.74 Å². The number of carbonyl (C=O) groups excluding carboxylic acids is 5. The zero-order valence-electron chi connectivity index (χ0n) is 25.6. The average Bonchev–Trinajstić information content (AvgIpc) is 2.94. The first kappa shape index (κ1) is 44.1. The van der Waals surface area contributed by atoms with Crippen LogP contribution in [-0.4, -0.2) is 109 Å². The summed E-state index contributed by atoms with van der Waals surface area (Å²) in [5, 5.41) is 39.4. The summed E-state index contributed by atoms with van der Waals surface area (Å²) in [4.78, 5) is 69.4. The first-order valence-corrected chi connectivity index (χ1v) is 12.8. The van der Waals surface area contributed by atoms with Gasteiger partial charge in [0.05, 0.1) is 49.9 Å². The summed E-state index contributed by atoms with van der Waals surface area (Å²) < 4.78 is 14.6. The number of phenols is 1. The Balaban J connectivity index is 0. The molecule has 0 amide bonds. The van der Waals surface area contributed by atoms with Crippen LogP contribution >= 0.6 is 0 Å². The van der Waals surface area contributed by atoms with Crippen molar-refractivity contribution in [2.24, 2.45) is 0 Å². The fourth-order valence-corrected chi connectivity index (χ4v) is 3.27. The molecule has 0 atom stereocenters. The van der Waals surface area contributed by atoms with E-state index in [1.807, 2.05) is 6.92 Å². The second-order valence-corrected chi connectivity index (χ2v) is 8.73. The number of ether oxygens (including phenoxy) is 3. The monoisotopic (exact) mass is 650 g/mol. The van der Waals surface area contributed by atoms with E-state index in [0.717, 1.165) is 9.80 Å². The first-order chi connectivity index (χ1) is 20.3. The molecule has 17 heteroatoms. The van der Waals surface area contributed by atoms with Crippen molar-refractivity contribution in [1.82, 2.24) is 9.80 Å². The zero-order chi connectivity index (χ0) is 32.4. The number of phenolic OH excluding ortho intramolecular Hbond substituents is 1. The Labute approximate surface area is 303 Å². The standard InChI is InChI=1S/C20H26N2O10.C8H8O3.2Na/c1-2-9-31-20(30)14-3-5-15(6-4-14)32-19(29)13-22(12-18(27)28)8-7-21(10-16(23)24)11-17(25)26;1-11-8(10)6-2-4-7(9)5-3-6;;/h3-6H,2,7-13H2,1H3,(H,23,24)(H,25,26)(H,27,28);2-5,9H,1H3;;/q;;2*+1/p-2. The van der Waals surface area contributed by atoms with Crippen molar-refractivity contribution in [3.63, 3.8) is 0 Å². The van der Waals surface area contributed by atoms with Gasteiger partial charge in [0, 0.05) is 26.2 Å². The van der Waals surface area contributed by atoms with Crippen molar-refractivity contribution in [1.29, 1.82) is 0 Å². The molecule has 2 N–H and O–H groups in total. The van der Waals surface area contributed by atoms with Crippen LogP contribution in [0.3, 0.4) is 0 Å². The maximum absolute atomic E-state index is 12.2. The van der Waals surface area contributed by atoms with Crippen LogP contribution in [0.25, 0.3) is 0 Å². The summed E-state index contributed by atoms with van der Waals surface area (Å²) >= 11 is 0. The van der Waals surface area contributed by atoms with E-state index in [1.165, 1.54) is 55.6 Å². The van der Waals surface area contributed by atoms with Gasteiger partial charge in [-0.1, -0.05) is 6.92 Å². The van der Waals surface area contributed by atoms with Crippen molar-refractivity contribution in [3.8, 4) is 11.5 Å². The van der Waals surface area contributed by atoms with Crippen molar-refractivity contribution < 1.29 is 123 Å². The maximum atomic E-state index is 12.2. The molecule has 0 bridgehead atoms.